The first-order chi connectivity index (χ1) is 8.67. The van der Waals surface area contributed by atoms with Crippen LogP contribution in [0.4, 0.5) is 5.69 Å². The maximum atomic E-state index is 10.5. The maximum Gasteiger partial charge on any atom is 0.269 e. The second-order valence-corrected chi connectivity index (χ2v) is 4.88. The minimum absolute atomic E-state index is 0.106. The molecule has 100 valence electrons. The number of aliphatic hydroxyl groups excluding tert-OH is 1. The van der Waals surface area contributed by atoms with Crippen molar-refractivity contribution in [3.05, 3.63) is 39.9 Å². The Morgan fingerprint density at radius 1 is 1.44 bits per heavy atom. The summed E-state index contributed by atoms with van der Waals surface area (Å²) in [6.07, 6.45) is 2.74. The molecule has 0 saturated heterocycles. The van der Waals surface area contributed by atoms with Crippen LogP contribution in [0.1, 0.15) is 12.0 Å². The molecule has 0 radical (unpaired) electrons. The highest BCUT2D eigenvalue weighted by Gasteiger charge is 2.08. The number of nitro benzene ring substituents is 1. The molecule has 0 fully saturated rings. The van der Waals surface area contributed by atoms with Gasteiger partial charge in [0.05, 0.1) is 4.92 Å². The van der Waals surface area contributed by atoms with E-state index < -0.39 is 4.92 Å². The van der Waals surface area contributed by atoms with Gasteiger partial charge in [-0.2, -0.15) is 11.8 Å². The standard InChI is InChI=1S/C12H18N2O3S/c1-18-9-11(6-7-15)13-8-10-2-4-12(5-3-10)14(16)17/h2-5,11,13,15H,6-9H2,1H3. The van der Waals surface area contributed by atoms with Crippen molar-refractivity contribution in [2.24, 2.45) is 0 Å². The van der Waals surface area contributed by atoms with Crippen LogP contribution in [-0.2, 0) is 6.54 Å². The molecule has 18 heavy (non-hydrogen) atoms. The Bertz CT molecular complexity index is 364. The number of nitro groups is 1. The molecule has 0 aliphatic rings. The van der Waals surface area contributed by atoms with E-state index in [1.54, 1.807) is 23.9 Å². The zero-order valence-electron chi connectivity index (χ0n) is 10.3. The van der Waals surface area contributed by atoms with E-state index in [9.17, 15) is 10.1 Å². The lowest BCUT2D eigenvalue weighted by molar-refractivity contribution is -0.384. The summed E-state index contributed by atoms with van der Waals surface area (Å²) < 4.78 is 0. The van der Waals surface area contributed by atoms with Crippen LogP contribution in [0.15, 0.2) is 24.3 Å². The lowest BCUT2D eigenvalue weighted by atomic mass is 10.2. The van der Waals surface area contributed by atoms with Gasteiger partial charge in [-0.25, -0.2) is 0 Å². The van der Waals surface area contributed by atoms with Gasteiger partial charge in [-0.3, -0.25) is 10.1 Å². The van der Waals surface area contributed by atoms with Gasteiger partial charge < -0.3 is 10.4 Å². The monoisotopic (exact) mass is 270 g/mol. The Labute approximate surface area is 111 Å². The van der Waals surface area contributed by atoms with Crippen molar-refractivity contribution < 1.29 is 10.0 Å². The second kappa shape index (κ2) is 8.07. The van der Waals surface area contributed by atoms with Gasteiger partial charge in [0, 0.05) is 37.1 Å². The van der Waals surface area contributed by atoms with Gasteiger partial charge in [0.25, 0.3) is 5.69 Å². The Hall–Kier alpha value is -1.11. The van der Waals surface area contributed by atoms with Crippen LogP contribution in [0.5, 0.6) is 0 Å². The highest BCUT2D eigenvalue weighted by Crippen LogP contribution is 2.12. The molecule has 1 aromatic rings. The molecule has 5 nitrogen and oxygen atoms in total. The highest BCUT2D eigenvalue weighted by atomic mass is 32.2. The molecule has 0 aliphatic heterocycles. The Balaban J connectivity index is 2.48. The molecule has 1 unspecified atom stereocenters. The molecular formula is C12H18N2O3S. The molecule has 0 amide bonds. The van der Waals surface area contributed by atoms with Crippen molar-refractivity contribution >= 4 is 17.4 Å². The molecular weight excluding hydrogens is 252 g/mol. The average Bonchev–Trinajstić information content (AvgIpc) is 2.37. The summed E-state index contributed by atoms with van der Waals surface area (Å²) >= 11 is 1.73. The summed E-state index contributed by atoms with van der Waals surface area (Å²) in [4.78, 5) is 10.1. The summed E-state index contributed by atoms with van der Waals surface area (Å²) in [5.74, 6) is 0.938. The average molecular weight is 270 g/mol. The third kappa shape index (κ3) is 5.03. The zero-order valence-corrected chi connectivity index (χ0v) is 11.2. The van der Waals surface area contributed by atoms with Crippen LogP contribution in [0.25, 0.3) is 0 Å². The van der Waals surface area contributed by atoms with Gasteiger partial charge >= 0.3 is 0 Å². The molecule has 2 N–H and O–H groups in total. The number of rotatable bonds is 8. The van der Waals surface area contributed by atoms with E-state index in [4.69, 9.17) is 5.11 Å². The number of benzene rings is 1. The van der Waals surface area contributed by atoms with Crippen LogP contribution in [-0.4, -0.2) is 34.7 Å². The van der Waals surface area contributed by atoms with Crippen molar-refractivity contribution in [2.45, 2.75) is 19.0 Å². The topological polar surface area (TPSA) is 75.4 Å². The molecule has 0 heterocycles. The van der Waals surface area contributed by atoms with E-state index in [2.05, 4.69) is 5.32 Å². The van der Waals surface area contributed by atoms with Crippen LogP contribution in [0.3, 0.4) is 0 Å². The first kappa shape index (κ1) is 14.9. The molecule has 0 bridgehead atoms. The quantitative estimate of drug-likeness (QED) is 0.556. The fraction of sp³-hybridized carbons (Fsp3) is 0.500. The SMILES string of the molecule is CSCC(CCO)NCc1ccc([N+](=O)[O-])cc1. The molecule has 0 aromatic heterocycles. The summed E-state index contributed by atoms with van der Waals surface area (Å²) in [6, 6.07) is 6.78. The van der Waals surface area contributed by atoms with Crippen LogP contribution < -0.4 is 5.32 Å². The van der Waals surface area contributed by atoms with Gasteiger partial charge in [0.15, 0.2) is 0 Å². The van der Waals surface area contributed by atoms with Gasteiger partial charge in [-0.05, 0) is 18.2 Å². The van der Waals surface area contributed by atoms with Crippen molar-refractivity contribution in [1.29, 1.82) is 0 Å². The minimum Gasteiger partial charge on any atom is -0.396 e. The number of hydrogen-bond acceptors (Lipinski definition) is 5. The lowest BCUT2D eigenvalue weighted by Gasteiger charge is -2.16. The molecule has 1 rings (SSSR count). The zero-order chi connectivity index (χ0) is 13.4. The molecule has 0 aliphatic carbocycles. The van der Waals surface area contributed by atoms with Crippen LogP contribution in [0.2, 0.25) is 0 Å². The Morgan fingerprint density at radius 2 is 2.11 bits per heavy atom. The third-order valence-electron chi connectivity index (χ3n) is 2.59. The van der Waals surface area contributed by atoms with Crippen molar-refractivity contribution in [2.75, 3.05) is 18.6 Å². The third-order valence-corrected chi connectivity index (χ3v) is 3.32. The number of aliphatic hydroxyl groups is 1. The first-order valence-corrected chi connectivity index (χ1v) is 7.13. The number of hydrogen-bond donors (Lipinski definition) is 2. The van der Waals surface area contributed by atoms with E-state index >= 15 is 0 Å². The summed E-state index contributed by atoms with van der Waals surface area (Å²) in [5, 5.41) is 22.8. The number of nitrogens with zero attached hydrogens (tertiary/aromatic N) is 1. The Kier molecular flexibility index (Phi) is 6.70. The highest BCUT2D eigenvalue weighted by molar-refractivity contribution is 7.98. The molecule has 0 saturated carbocycles. The summed E-state index contributed by atoms with van der Waals surface area (Å²) in [5.41, 5.74) is 1.11. The molecule has 6 heteroatoms. The van der Waals surface area contributed by atoms with Crippen LogP contribution in [0, 0.1) is 10.1 Å². The number of non-ortho nitro benzene ring substituents is 1. The first-order valence-electron chi connectivity index (χ1n) is 5.74. The second-order valence-electron chi connectivity index (χ2n) is 3.97. The van der Waals surface area contributed by atoms with E-state index in [-0.39, 0.29) is 18.3 Å². The number of thioether (sulfide) groups is 1. The predicted molar refractivity (Wildman–Crippen MR) is 73.8 cm³/mol. The Morgan fingerprint density at radius 3 is 2.61 bits per heavy atom. The van der Waals surface area contributed by atoms with Crippen molar-refractivity contribution in [3.63, 3.8) is 0 Å². The van der Waals surface area contributed by atoms with E-state index in [1.165, 1.54) is 12.1 Å². The summed E-state index contributed by atoms with van der Waals surface area (Å²) in [6.45, 7) is 0.821. The van der Waals surface area contributed by atoms with Crippen molar-refractivity contribution in [1.82, 2.24) is 5.32 Å². The lowest BCUT2D eigenvalue weighted by Crippen LogP contribution is -2.31. The maximum absolute atomic E-state index is 10.5. The molecule has 1 atom stereocenters. The van der Waals surface area contributed by atoms with Gasteiger partial charge in [0.2, 0.25) is 0 Å². The van der Waals surface area contributed by atoms with Gasteiger partial charge in [-0.1, -0.05) is 12.1 Å². The largest absolute Gasteiger partial charge is 0.396 e. The van der Waals surface area contributed by atoms with Gasteiger partial charge in [-0.15, -0.1) is 0 Å². The van der Waals surface area contributed by atoms with E-state index in [0.29, 0.717) is 13.0 Å². The molecule has 1 aromatic carbocycles. The normalized spacial score (nSPS) is 12.3. The van der Waals surface area contributed by atoms with E-state index in [0.717, 1.165) is 11.3 Å². The van der Waals surface area contributed by atoms with E-state index in [1.807, 2.05) is 6.26 Å². The van der Waals surface area contributed by atoms with Gasteiger partial charge in [0.1, 0.15) is 0 Å². The number of nitrogens with one attached hydrogen (secondary N) is 1. The summed E-state index contributed by atoms with van der Waals surface area (Å²) in [7, 11) is 0. The molecule has 0 spiro atoms. The fourth-order valence-corrected chi connectivity index (χ4v) is 2.29. The van der Waals surface area contributed by atoms with Crippen molar-refractivity contribution in [3.8, 4) is 0 Å². The minimum atomic E-state index is -0.403. The smallest absolute Gasteiger partial charge is 0.269 e. The fourth-order valence-electron chi connectivity index (χ4n) is 1.60. The predicted octanol–water partition coefficient (Wildman–Crippen LogP) is 1.80. The van der Waals surface area contributed by atoms with Crippen LogP contribution >= 0.6 is 11.8 Å².